The minimum atomic E-state index is -0.707. The maximum atomic E-state index is 13.0. The molecule has 0 spiro atoms. The Bertz CT molecular complexity index is 1130. The Kier molecular flexibility index (Phi) is 6.05. The Labute approximate surface area is 185 Å². The normalized spacial score (nSPS) is 18.9. The van der Waals surface area contributed by atoms with Gasteiger partial charge >= 0.3 is 0 Å². The van der Waals surface area contributed by atoms with Crippen molar-refractivity contribution in [2.24, 2.45) is 5.92 Å². The Morgan fingerprint density at radius 3 is 2.72 bits per heavy atom. The highest BCUT2D eigenvalue weighted by atomic mass is 16.3. The Morgan fingerprint density at radius 2 is 2.06 bits per heavy atom. The van der Waals surface area contributed by atoms with Gasteiger partial charge in [-0.2, -0.15) is 9.61 Å². The van der Waals surface area contributed by atoms with Crippen LogP contribution in [-0.4, -0.2) is 66.3 Å². The van der Waals surface area contributed by atoms with Crippen LogP contribution in [0.1, 0.15) is 55.5 Å². The molecule has 0 aromatic carbocycles. The number of nitrogens with one attached hydrogen (secondary N) is 1. The average molecular weight is 444 g/mol. The topological polar surface area (TPSA) is 129 Å². The van der Waals surface area contributed by atoms with E-state index in [1.807, 2.05) is 13.8 Å². The molecule has 1 saturated carbocycles. The van der Waals surface area contributed by atoms with Crippen LogP contribution in [0.4, 0.5) is 0 Å². The van der Waals surface area contributed by atoms with E-state index in [1.54, 1.807) is 11.0 Å². The summed E-state index contributed by atoms with van der Waals surface area (Å²) in [6.07, 6.45) is 7.70. The van der Waals surface area contributed by atoms with Crippen molar-refractivity contribution < 1.29 is 19.8 Å². The molecule has 2 amide bonds. The van der Waals surface area contributed by atoms with Crippen LogP contribution in [0, 0.1) is 5.92 Å². The molecule has 4 rings (SSSR count). The minimum absolute atomic E-state index is 0.0333. The van der Waals surface area contributed by atoms with Gasteiger partial charge in [0.15, 0.2) is 5.56 Å². The van der Waals surface area contributed by atoms with Crippen molar-refractivity contribution in [3.63, 3.8) is 0 Å². The molecule has 3 N–H and O–H groups in total. The van der Waals surface area contributed by atoms with Gasteiger partial charge < -0.3 is 20.4 Å². The van der Waals surface area contributed by atoms with E-state index in [0.29, 0.717) is 24.3 Å². The zero-order valence-corrected chi connectivity index (χ0v) is 18.3. The number of aliphatic hydroxyl groups is 1. The third-order valence-corrected chi connectivity index (χ3v) is 5.88. The molecule has 0 radical (unpaired) electrons. The van der Waals surface area contributed by atoms with Crippen molar-refractivity contribution in [2.75, 3.05) is 13.2 Å². The van der Waals surface area contributed by atoms with Gasteiger partial charge in [0.1, 0.15) is 5.65 Å². The molecule has 1 aliphatic heterocycles. The number of aliphatic hydroxyl groups excluding tert-OH is 1. The highest BCUT2D eigenvalue weighted by Gasteiger charge is 2.30. The van der Waals surface area contributed by atoms with Gasteiger partial charge in [-0.15, -0.1) is 0 Å². The number of aromatic nitrogens is 3. The molecule has 10 nitrogen and oxygen atoms in total. The molecule has 2 aliphatic rings. The van der Waals surface area contributed by atoms with Crippen LogP contribution >= 0.6 is 0 Å². The summed E-state index contributed by atoms with van der Waals surface area (Å²) in [5.74, 6) is -1.14. The standard InChI is InChI=1S/C22H29N5O5/c1-13(2)11-26-20-14(5-8-17(29)25-9-3-4-16(25)12-28)10-23-27(20)22(32)18(21(26)31)19(30)24-15-6-7-15/h5,8,10,13,15-16,28,31H,3-4,6-7,9,11-12H2,1-2H3,(H,24,30). The summed E-state index contributed by atoms with van der Waals surface area (Å²) in [4.78, 5) is 39.9. The van der Waals surface area contributed by atoms with Crippen LogP contribution < -0.4 is 10.9 Å². The second-order valence-corrected chi connectivity index (χ2v) is 8.93. The smallest absolute Gasteiger partial charge is 0.291 e. The van der Waals surface area contributed by atoms with Gasteiger partial charge in [-0.25, -0.2) is 0 Å². The molecule has 10 heteroatoms. The predicted octanol–water partition coefficient (Wildman–Crippen LogP) is 0.746. The molecule has 2 fully saturated rings. The number of carbonyl (C=O) groups is 2. The maximum Gasteiger partial charge on any atom is 0.291 e. The number of aromatic hydroxyl groups is 1. The quantitative estimate of drug-likeness (QED) is 0.542. The Morgan fingerprint density at radius 1 is 1.31 bits per heavy atom. The molecule has 1 aliphatic carbocycles. The zero-order chi connectivity index (χ0) is 23.0. The second-order valence-electron chi connectivity index (χ2n) is 8.93. The molecule has 1 unspecified atom stereocenters. The lowest BCUT2D eigenvalue weighted by atomic mass is 10.2. The second kappa shape index (κ2) is 8.78. The van der Waals surface area contributed by atoms with Gasteiger partial charge in [0.05, 0.1) is 18.8 Å². The van der Waals surface area contributed by atoms with Crippen LogP contribution in [0.25, 0.3) is 11.7 Å². The summed E-state index contributed by atoms with van der Waals surface area (Å²) < 4.78 is 2.60. The lowest BCUT2D eigenvalue weighted by Gasteiger charge is -2.21. The van der Waals surface area contributed by atoms with Gasteiger partial charge in [-0.05, 0) is 37.7 Å². The first-order valence-electron chi connectivity index (χ1n) is 11.1. The first-order chi connectivity index (χ1) is 15.3. The van der Waals surface area contributed by atoms with E-state index < -0.39 is 17.3 Å². The fourth-order valence-electron chi connectivity index (χ4n) is 4.12. The third kappa shape index (κ3) is 4.14. The number of carbonyl (C=O) groups excluding carboxylic acids is 2. The van der Waals surface area contributed by atoms with E-state index in [2.05, 4.69) is 10.4 Å². The molecular formula is C22H29N5O5. The number of amides is 2. The number of likely N-dealkylation sites (tertiary alicyclic amines) is 1. The summed E-state index contributed by atoms with van der Waals surface area (Å²) in [5, 5.41) is 27.3. The lowest BCUT2D eigenvalue weighted by molar-refractivity contribution is -0.127. The molecular weight excluding hydrogens is 414 g/mol. The summed E-state index contributed by atoms with van der Waals surface area (Å²) in [7, 11) is 0. The van der Waals surface area contributed by atoms with Crippen LogP contribution in [-0.2, 0) is 11.3 Å². The largest absolute Gasteiger partial charge is 0.494 e. The molecule has 3 heterocycles. The fraction of sp³-hybridized carbons (Fsp3) is 0.545. The molecule has 2 aromatic rings. The number of rotatable bonds is 7. The van der Waals surface area contributed by atoms with Crippen molar-refractivity contribution in [3.05, 3.63) is 33.8 Å². The number of hydrogen-bond acceptors (Lipinski definition) is 6. The van der Waals surface area contributed by atoms with Crippen LogP contribution in [0.3, 0.4) is 0 Å². The number of nitrogens with zero attached hydrogens (tertiary/aromatic N) is 4. The Balaban J connectivity index is 1.75. The zero-order valence-electron chi connectivity index (χ0n) is 18.3. The van der Waals surface area contributed by atoms with E-state index >= 15 is 0 Å². The van der Waals surface area contributed by atoms with Gasteiger partial charge in [0, 0.05) is 30.8 Å². The Hall–Kier alpha value is -3.14. The van der Waals surface area contributed by atoms with Crippen molar-refractivity contribution in [3.8, 4) is 5.88 Å². The fourth-order valence-corrected chi connectivity index (χ4v) is 4.12. The number of hydrogen-bond donors (Lipinski definition) is 3. The van der Waals surface area contributed by atoms with Crippen molar-refractivity contribution >= 4 is 23.5 Å². The van der Waals surface area contributed by atoms with Gasteiger partial charge in [-0.3, -0.25) is 19.0 Å². The minimum Gasteiger partial charge on any atom is -0.494 e. The molecule has 1 atom stereocenters. The first-order valence-corrected chi connectivity index (χ1v) is 11.1. The molecule has 32 heavy (non-hydrogen) atoms. The average Bonchev–Trinajstić information content (AvgIpc) is 3.26. The van der Waals surface area contributed by atoms with E-state index in [4.69, 9.17) is 0 Å². The van der Waals surface area contributed by atoms with Crippen molar-refractivity contribution in [1.82, 2.24) is 24.4 Å². The highest BCUT2D eigenvalue weighted by molar-refractivity contribution is 5.97. The van der Waals surface area contributed by atoms with Crippen LogP contribution in [0.2, 0.25) is 0 Å². The summed E-state index contributed by atoms with van der Waals surface area (Å²) >= 11 is 0. The molecule has 0 bridgehead atoms. The van der Waals surface area contributed by atoms with E-state index in [1.165, 1.54) is 16.8 Å². The van der Waals surface area contributed by atoms with Gasteiger partial charge in [-0.1, -0.05) is 13.8 Å². The van der Waals surface area contributed by atoms with Crippen LogP contribution in [0.5, 0.6) is 5.88 Å². The van der Waals surface area contributed by atoms with Crippen LogP contribution in [0.15, 0.2) is 17.1 Å². The lowest BCUT2D eigenvalue weighted by Crippen LogP contribution is -2.36. The monoisotopic (exact) mass is 443 g/mol. The SMILES string of the molecule is CC(C)Cn1c(O)c(C(=O)NC2CC2)c(=O)n2ncc(C=CC(=O)N3CCCC3CO)c12. The maximum absolute atomic E-state index is 13.0. The van der Waals surface area contributed by atoms with Crippen molar-refractivity contribution in [1.29, 1.82) is 0 Å². The van der Waals surface area contributed by atoms with E-state index in [0.717, 1.165) is 30.2 Å². The predicted molar refractivity (Wildman–Crippen MR) is 117 cm³/mol. The third-order valence-electron chi connectivity index (χ3n) is 5.88. The van der Waals surface area contributed by atoms with E-state index in [-0.39, 0.29) is 36.1 Å². The molecule has 172 valence electrons. The highest BCUT2D eigenvalue weighted by Crippen LogP contribution is 2.25. The van der Waals surface area contributed by atoms with Gasteiger partial charge in [0.25, 0.3) is 11.5 Å². The molecule has 1 saturated heterocycles. The van der Waals surface area contributed by atoms with E-state index in [9.17, 15) is 24.6 Å². The summed E-state index contributed by atoms with van der Waals surface area (Å²) in [6, 6.07) is -0.155. The molecule has 2 aromatic heterocycles. The van der Waals surface area contributed by atoms with Gasteiger partial charge in [0.2, 0.25) is 11.8 Å². The summed E-state index contributed by atoms with van der Waals surface area (Å²) in [5.41, 5.74) is -0.252. The first kappa shape index (κ1) is 22.1. The van der Waals surface area contributed by atoms with Crippen molar-refractivity contribution in [2.45, 2.75) is 58.2 Å². The summed E-state index contributed by atoms with van der Waals surface area (Å²) in [6.45, 7) is 4.76. The number of fused-ring (bicyclic) bond motifs is 1.